The van der Waals surface area contributed by atoms with Crippen LogP contribution in [0.2, 0.25) is 0 Å². The third kappa shape index (κ3) is 4.39. The van der Waals surface area contributed by atoms with Crippen LogP contribution >= 0.6 is 0 Å². The Morgan fingerprint density at radius 3 is 1.89 bits per heavy atom. The summed E-state index contributed by atoms with van der Waals surface area (Å²) in [7, 11) is 10.1. The van der Waals surface area contributed by atoms with Crippen molar-refractivity contribution in [2.75, 3.05) is 47.4 Å². The lowest BCUT2D eigenvalue weighted by molar-refractivity contribution is 0.103. The van der Waals surface area contributed by atoms with Gasteiger partial charge in [0.1, 0.15) is 5.75 Å². The lowest BCUT2D eigenvalue weighted by atomic mass is 10.0. The highest BCUT2D eigenvalue weighted by atomic mass is 16.5. The molecule has 0 amide bonds. The zero-order chi connectivity index (χ0) is 20.8. The molecule has 0 aliphatic rings. The molecule has 2 aromatic rings. The number of benzene rings is 2. The monoisotopic (exact) mass is 385 g/mol. The summed E-state index contributed by atoms with van der Waals surface area (Å²) in [4.78, 5) is 14.9. The molecule has 0 radical (unpaired) electrons. The highest BCUT2D eigenvalue weighted by Gasteiger charge is 2.18. The molecule has 0 aromatic heterocycles. The van der Waals surface area contributed by atoms with E-state index in [2.05, 4.69) is 0 Å². The van der Waals surface area contributed by atoms with Crippen LogP contribution in [0, 0.1) is 0 Å². The Labute approximate surface area is 166 Å². The van der Waals surface area contributed by atoms with Crippen molar-refractivity contribution in [3.63, 3.8) is 0 Å². The molecule has 0 unspecified atom stereocenters. The van der Waals surface area contributed by atoms with Gasteiger partial charge in [0.05, 0.1) is 34.1 Å². The first-order chi connectivity index (χ1) is 13.4. The van der Waals surface area contributed by atoms with Gasteiger partial charge in [0.2, 0.25) is 5.75 Å². The molecule has 0 N–H and O–H groups in total. The number of hydrogen-bond donors (Lipinski definition) is 0. The van der Waals surface area contributed by atoms with Crippen LogP contribution in [0.3, 0.4) is 0 Å². The minimum atomic E-state index is -0.124. The van der Waals surface area contributed by atoms with Crippen molar-refractivity contribution >= 4 is 17.5 Å². The van der Waals surface area contributed by atoms with Crippen molar-refractivity contribution in [2.45, 2.75) is 6.92 Å². The number of ether oxygens (including phenoxy) is 4. The van der Waals surface area contributed by atoms with Crippen LogP contribution in [0.1, 0.15) is 22.8 Å². The first kappa shape index (κ1) is 21.2. The number of rotatable bonds is 8. The number of allylic oxidation sites excluding steroid dienone is 1. The maximum Gasteiger partial charge on any atom is 0.203 e. The molecule has 0 atom stereocenters. The molecular weight excluding hydrogens is 358 g/mol. The average Bonchev–Trinajstić information content (AvgIpc) is 2.71. The van der Waals surface area contributed by atoms with E-state index in [1.54, 1.807) is 26.2 Å². The molecule has 2 aromatic carbocycles. The highest BCUT2D eigenvalue weighted by Crippen LogP contribution is 2.38. The minimum Gasteiger partial charge on any atom is -0.495 e. The number of anilines is 1. The Balaban J connectivity index is 2.43. The topological polar surface area (TPSA) is 57.2 Å². The summed E-state index contributed by atoms with van der Waals surface area (Å²) < 4.78 is 21.4. The lowest BCUT2D eigenvalue weighted by Gasteiger charge is -2.17. The molecular formula is C22H27NO5. The Morgan fingerprint density at radius 1 is 0.857 bits per heavy atom. The van der Waals surface area contributed by atoms with Crippen molar-refractivity contribution in [1.29, 1.82) is 0 Å². The molecule has 28 heavy (non-hydrogen) atoms. The average molecular weight is 385 g/mol. The van der Waals surface area contributed by atoms with Crippen molar-refractivity contribution in [2.24, 2.45) is 0 Å². The fraction of sp³-hybridized carbons (Fsp3) is 0.318. The van der Waals surface area contributed by atoms with E-state index in [0.29, 0.717) is 28.4 Å². The van der Waals surface area contributed by atoms with Gasteiger partial charge in [-0.3, -0.25) is 4.79 Å². The van der Waals surface area contributed by atoms with Gasteiger partial charge in [0.25, 0.3) is 0 Å². The molecule has 0 aliphatic carbocycles. The number of ketones is 1. The van der Waals surface area contributed by atoms with Gasteiger partial charge in [0.15, 0.2) is 17.3 Å². The third-order valence-electron chi connectivity index (χ3n) is 4.35. The van der Waals surface area contributed by atoms with Gasteiger partial charge in [-0.25, -0.2) is 0 Å². The number of hydrogen-bond acceptors (Lipinski definition) is 6. The first-order valence-electron chi connectivity index (χ1n) is 8.74. The van der Waals surface area contributed by atoms with Gasteiger partial charge in [-0.05, 0) is 48.4 Å². The smallest absolute Gasteiger partial charge is 0.203 e. The number of methoxy groups -OCH3 is 4. The zero-order valence-electron chi connectivity index (χ0n) is 17.5. The molecule has 2 rings (SSSR count). The van der Waals surface area contributed by atoms with E-state index in [9.17, 15) is 4.79 Å². The van der Waals surface area contributed by atoms with E-state index in [1.807, 2.05) is 43.3 Å². The SMILES string of the molecule is COc1ccc(C=C(C)C(=O)c2cc(OC)c(OC)c(OC)c2)cc1N(C)C. The van der Waals surface area contributed by atoms with E-state index in [-0.39, 0.29) is 5.78 Å². The van der Waals surface area contributed by atoms with E-state index >= 15 is 0 Å². The molecule has 6 nitrogen and oxygen atoms in total. The second-order valence-corrected chi connectivity index (χ2v) is 6.40. The van der Waals surface area contributed by atoms with Crippen molar-refractivity contribution in [3.8, 4) is 23.0 Å². The fourth-order valence-electron chi connectivity index (χ4n) is 2.90. The van der Waals surface area contributed by atoms with Crippen molar-refractivity contribution in [1.82, 2.24) is 0 Å². The predicted octanol–water partition coefficient (Wildman–Crippen LogP) is 4.07. The second-order valence-electron chi connectivity index (χ2n) is 6.40. The molecule has 0 saturated carbocycles. The van der Waals surface area contributed by atoms with E-state index in [0.717, 1.165) is 17.0 Å². The Hall–Kier alpha value is -3.15. The molecule has 0 fully saturated rings. The molecule has 0 saturated heterocycles. The largest absolute Gasteiger partial charge is 0.495 e. The normalized spacial score (nSPS) is 11.0. The summed E-state index contributed by atoms with van der Waals surface area (Å²) in [5, 5.41) is 0. The highest BCUT2D eigenvalue weighted by molar-refractivity contribution is 6.11. The van der Waals surface area contributed by atoms with Crippen LogP contribution in [0.25, 0.3) is 6.08 Å². The van der Waals surface area contributed by atoms with Gasteiger partial charge in [-0.1, -0.05) is 6.07 Å². The molecule has 0 bridgehead atoms. The number of carbonyl (C=O) groups excluding carboxylic acids is 1. The Morgan fingerprint density at radius 2 is 1.43 bits per heavy atom. The summed E-state index contributed by atoms with van der Waals surface area (Å²) in [6, 6.07) is 9.08. The predicted molar refractivity (Wildman–Crippen MR) is 111 cm³/mol. The molecule has 6 heteroatoms. The molecule has 0 heterocycles. The summed E-state index contributed by atoms with van der Waals surface area (Å²) in [6.07, 6.45) is 1.85. The standard InChI is InChI=1S/C22H27NO5/c1-14(10-15-8-9-18(25-4)17(11-15)23(2)3)21(24)16-12-19(26-5)22(28-7)20(13-16)27-6/h8-13H,1-7H3. The van der Waals surface area contributed by atoms with E-state index in [1.165, 1.54) is 21.3 Å². The summed E-state index contributed by atoms with van der Waals surface area (Å²) in [5.74, 6) is 1.99. The minimum absolute atomic E-state index is 0.124. The van der Waals surface area contributed by atoms with Gasteiger partial charge >= 0.3 is 0 Å². The van der Waals surface area contributed by atoms with Crippen LogP contribution in [-0.4, -0.2) is 48.3 Å². The van der Waals surface area contributed by atoms with Crippen LogP contribution in [0.5, 0.6) is 23.0 Å². The number of nitrogens with zero attached hydrogens (tertiary/aromatic N) is 1. The van der Waals surface area contributed by atoms with Crippen LogP contribution in [-0.2, 0) is 0 Å². The van der Waals surface area contributed by atoms with Gasteiger partial charge in [-0.15, -0.1) is 0 Å². The first-order valence-corrected chi connectivity index (χ1v) is 8.74. The summed E-state index contributed by atoms with van der Waals surface area (Å²) in [5.41, 5.74) is 2.89. The molecule has 0 spiro atoms. The molecule has 0 aliphatic heterocycles. The summed E-state index contributed by atoms with van der Waals surface area (Å²) >= 11 is 0. The third-order valence-corrected chi connectivity index (χ3v) is 4.35. The van der Waals surface area contributed by atoms with Crippen LogP contribution in [0.4, 0.5) is 5.69 Å². The fourth-order valence-corrected chi connectivity index (χ4v) is 2.90. The summed E-state index contributed by atoms with van der Waals surface area (Å²) in [6.45, 7) is 1.78. The van der Waals surface area contributed by atoms with Crippen LogP contribution in [0.15, 0.2) is 35.9 Å². The van der Waals surface area contributed by atoms with Gasteiger partial charge in [0, 0.05) is 19.7 Å². The number of Topliss-reactive ketones (excluding diaryl/α,β-unsaturated/α-hetero) is 1. The zero-order valence-corrected chi connectivity index (χ0v) is 17.5. The Kier molecular flexibility index (Phi) is 6.93. The van der Waals surface area contributed by atoms with Gasteiger partial charge < -0.3 is 23.8 Å². The van der Waals surface area contributed by atoms with E-state index < -0.39 is 0 Å². The van der Waals surface area contributed by atoms with Crippen molar-refractivity contribution < 1.29 is 23.7 Å². The van der Waals surface area contributed by atoms with Crippen LogP contribution < -0.4 is 23.8 Å². The number of carbonyl (C=O) groups is 1. The second kappa shape index (κ2) is 9.17. The van der Waals surface area contributed by atoms with Gasteiger partial charge in [-0.2, -0.15) is 0 Å². The Bertz CT molecular complexity index is 861. The van der Waals surface area contributed by atoms with Crippen molar-refractivity contribution in [3.05, 3.63) is 47.0 Å². The molecule has 150 valence electrons. The quantitative estimate of drug-likeness (QED) is 0.504. The maximum atomic E-state index is 13.0. The lowest BCUT2D eigenvalue weighted by Crippen LogP contribution is -2.10. The maximum absolute atomic E-state index is 13.0. The van der Waals surface area contributed by atoms with E-state index in [4.69, 9.17) is 18.9 Å².